The molecule has 5 nitrogen and oxygen atoms in total. The number of carboxylic acids is 1. The zero-order valence-electron chi connectivity index (χ0n) is 11.1. The molecule has 0 radical (unpaired) electrons. The first-order valence-corrected chi connectivity index (χ1v) is 6.96. The number of hydrogen-bond donors (Lipinski definition) is 1. The van der Waals surface area contributed by atoms with Crippen LogP contribution >= 0.6 is 11.3 Å². The molecular weight excluding hydrogens is 264 g/mol. The molecule has 2 aromatic heterocycles. The number of rotatable bonds is 5. The number of hydrogen-bond acceptors (Lipinski definition) is 5. The average molecular weight is 280 g/mol. The van der Waals surface area contributed by atoms with Crippen LogP contribution in [0.1, 0.15) is 26.7 Å². The third-order valence-corrected chi connectivity index (χ3v) is 4.21. The molecule has 0 amide bonds. The summed E-state index contributed by atoms with van der Waals surface area (Å²) < 4.78 is 5.16. The van der Waals surface area contributed by atoms with E-state index in [1.165, 1.54) is 0 Å². The van der Waals surface area contributed by atoms with Gasteiger partial charge in [-0.2, -0.15) is 16.3 Å². The largest absolute Gasteiger partial charge is 0.481 e. The van der Waals surface area contributed by atoms with Gasteiger partial charge in [0, 0.05) is 17.4 Å². The quantitative estimate of drug-likeness (QED) is 0.910. The van der Waals surface area contributed by atoms with Gasteiger partial charge in [-0.15, -0.1) is 0 Å². The highest BCUT2D eigenvalue weighted by atomic mass is 32.1. The summed E-state index contributed by atoms with van der Waals surface area (Å²) in [5, 5.41) is 17.1. The highest BCUT2D eigenvalue weighted by molar-refractivity contribution is 7.08. The number of aliphatic carboxylic acids is 1. The summed E-state index contributed by atoms with van der Waals surface area (Å²) in [5.41, 5.74) is -0.0140. The average Bonchev–Trinajstić information content (AvgIpc) is 2.97. The van der Waals surface area contributed by atoms with Crippen molar-refractivity contribution in [2.45, 2.75) is 27.2 Å². The normalized spacial score (nSPS) is 14.5. The monoisotopic (exact) mass is 280 g/mol. The zero-order chi connectivity index (χ0) is 14.0. The van der Waals surface area contributed by atoms with E-state index in [0.717, 1.165) is 5.56 Å². The van der Waals surface area contributed by atoms with E-state index in [9.17, 15) is 9.90 Å². The molecule has 0 spiro atoms. The van der Waals surface area contributed by atoms with Crippen LogP contribution in [0.15, 0.2) is 21.3 Å². The van der Waals surface area contributed by atoms with Crippen molar-refractivity contribution in [1.82, 2.24) is 10.1 Å². The Labute approximate surface area is 115 Å². The second-order valence-electron chi connectivity index (χ2n) is 5.08. The van der Waals surface area contributed by atoms with E-state index < -0.39 is 11.4 Å². The molecule has 0 saturated heterocycles. The second kappa shape index (κ2) is 5.13. The molecule has 0 aromatic carbocycles. The Bertz CT molecular complexity index is 562. The number of carbonyl (C=O) groups is 1. The molecular formula is C13H16N2O3S. The molecule has 1 N–H and O–H groups in total. The predicted octanol–water partition coefficient (Wildman–Crippen LogP) is 3.09. The van der Waals surface area contributed by atoms with Crippen LogP contribution in [-0.2, 0) is 11.2 Å². The maximum atomic E-state index is 11.4. The molecule has 1 unspecified atom stereocenters. The molecule has 2 heterocycles. The maximum Gasteiger partial charge on any atom is 0.310 e. The lowest BCUT2D eigenvalue weighted by Gasteiger charge is -2.27. The van der Waals surface area contributed by atoms with E-state index in [4.69, 9.17) is 4.52 Å². The fourth-order valence-electron chi connectivity index (χ4n) is 1.68. The van der Waals surface area contributed by atoms with Gasteiger partial charge in [0.15, 0.2) is 0 Å². The number of thiophene rings is 1. The minimum Gasteiger partial charge on any atom is -0.481 e. The van der Waals surface area contributed by atoms with Gasteiger partial charge in [0.25, 0.3) is 0 Å². The van der Waals surface area contributed by atoms with Crippen LogP contribution in [-0.4, -0.2) is 21.2 Å². The minimum atomic E-state index is -0.904. The molecule has 0 saturated carbocycles. The topological polar surface area (TPSA) is 76.2 Å². The predicted molar refractivity (Wildman–Crippen MR) is 71.9 cm³/mol. The Morgan fingerprint density at radius 1 is 1.58 bits per heavy atom. The molecule has 0 aliphatic rings. The van der Waals surface area contributed by atoms with Crippen molar-refractivity contribution in [2.75, 3.05) is 0 Å². The van der Waals surface area contributed by atoms with Crippen LogP contribution in [0.4, 0.5) is 0 Å². The maximum absolute atomic E-state index is 11.4. The fraction of sp³-hybridized carbons (Fsp3) is 0.462. The molecule has 1 atom stereocenters. The molecule has 0 aliphatic heterocycles. The molecule has 2 aromatic rings. The van der Waals surface area contributed by atoms with Crippen LogP contribution in [0.5, 0.6) is 0 Å². The number of aromatic nitrogens is 2. The van der Waals surface area contributed by atoms with Crippen LogP contribution in [0.3, 0.4) is 0 Å². The molecule has 2 rings (SSSR count). The summed E-state index contributed by atoms with van der Waals surface area (Å²) >= 11 is 1.55. The van der Waals surface area contributed by atoms with Crippen LogP contribution in [0, 0.1) is 11.3 Å². The molecule has 19 heavy (non-hydrogen) atoms. The van der Waals surface area contributed by atoms with Crippen molar-refractivity contribution in [3.05, 3.63) is 22.7 Å². The van der Waals surface area contributed by atoms with Crippen molar-refractivity contribution >= 4 is 17.3 Å². The van der Waals surface area contributed by atoms with Crippen molar-refractivity contribution in [3.63, 3.8) is 0 Å². The summed E-state index contributed by atoms with van der Waals surface area (Å²) in [6.07, 6.45) is 0.233. The van der Waals surface area contributed by atoms with Gasteiger partial charge in [0.05, 0.1) is 5.41 Å². The van der Waals surface area contributed by atoms with Crippen molar-refractivity contribution in [2.24, 2.45) is 11.3 Å². The highest BCUT2D eigenvalue weighted by Gasteiger charge is 2.38. The van der Waals surface area contributed by atoms with Gasteiger partial charge in [0.2, 0.25) is 11.7 Å². The lowest BCUT2D eigenvalue weighted by Crippen LogP contribution is -2.35. The summed E-state index contributed by atoms with van der Waals surface area (Å²) in [4.78, 5) is 15.7. The van der Waals surface area contributed by atoms with E-state index in [2.05, 4.69) is 10.1 Å². The van der Waals surface area contributed by atoms with Crippen LogP contribution in [0.25, 0.3) is 11.4 Å². The van der Waals surface area contributed by atoms with E-state index in [1.807, 2.05) is 30.7 Å². The summed E-state index contributed by atoms with van der Waals surface area (Å²) in [6.45, 7) is 5.46. The first kappa shape index (κ1) is 13.7. The zero-order valence-corrected chi connectivity index (χ0v) is 11.9. The summed E-state index contributed by atoms with van der Waals surface area (Å²) in [6, 6.07) is 1.90. The number of nitrogens with zero attached hydrogens (tertiary/aromatic N) is 2. The summed E-state index contributed by atoms with van der Waals surface area (Å²) in [5.74, 6) is -0.00757. The van der Waals surface area contributed by atoms with Gasteiger partial charge in [-0.25, -0.2) is 0 Å². The SMILES string of the molecule is CC(C)C(C)(Cc1nc(-c2ccsc2)no1)C(=O)O. The van der Waals surface area contributed by atoms with Crippen molar-refractivity contribution in [1.29, 1.82) is 0 Å². The lowest BCUT2D eigenvalue weighted by atomic mass is 9.76. The van der Waals surface area contributed by atoms with Crippen molar-refractivity contribution < 1.29 is 14.4 Å². The standard InChI is InChI=1S/C13H16N2O3S/c1-8(2)13(3,12(16)17)6-10-14-11(15-18-10)9-4-5-19-7-9/h4-5,7-8H,6H2,1-3H3,(H,16,17). The van der Waals surface area contributed by atoms with Gasteiger partial charge in [0.1, 0.15) is 0 Å². The summed E-state index contributed by atoms with van der Waals surface area (Å²) in [7, 11) is 0. The van der Waals surface area contributed by atoms with Gasteiger partial charge >= 0.3 is 5.97 Å². The molecule has 0 aliphatic carbocycles. The molecule has 102 valence electrons. The fourth-order valence-corrected chi connectivity index (χ4v) is 2.31. The highest BCUT2D eigenvalue weighted by Crippen LogP contribution is 2.32. The van der Waals surface area contributed by atoms with Gasteiger partial charge in [-0.05, 0) is 24.3 Å². The third-order valence-electron chi connectivity index (χ3n) is 3.53. The smallest absolute Gasteiger partial charge is 0.310 e. The Kier molecular flexibility index (Phi) is 3.71. The minimum absolute atomic E-state index is 0.0264. The van der Waals surface area contributed by atoms with Gasteiger partial charge < -0.3 is 9.63 Å². The van der Waals surface area contributed by atoms with E-state index >= 15 is 0 Å². The first-order valence-electron chi connectivity index (χ1n) is 6.02. The van der Waals surface area contributed by atoms with Crippen LogP contribution < -0.4 is 0 Å². The Balaban J connectivity index is 2.22. The number of carboxylic acid groups (broad SMARTS) is 1. The van der Waals surface area contributed by atoms with Crippen molar-refractivity contribution in [3.8, 4) is 11.4 Å². The first-order chi connectivity index (χ1) is 8.93. The molecule has 0 bridgehead atoms. The van der Waals surface area contributed by atoms with E-state index in [-0.39, 0.29) is 12.3 Å². The molecule has 6 heteroatoms. The lowest BCUT2D eigenvalue weighted by molar-refractivity contribution is -0.150. The Morgan fingerprint density at radius 3 is 2.84 bits per heavy atom. The van der Waals surface area contributed by atoms with Crippen LogP contribution in [0.2, 0.25) is 0 Å². The van der Waals surface area contributed by atoms with Gasteiger partial charge in [-0.1, -0.05) is 19.0 Å². The van der Waals surface area contributed by atoms with Gasteiger partial charge in [-0.3, -0.25) is 4.79 Å². The van der Waals surface area contributed by atoms with E-state index in [0.29, 0.717) is 11.7 Å². The molecule has 0 fully saturated rings. The third kappa shape index (κ3) is 2.68. The second-order valence-corrected chi connectivity index (χ2v) is 5.86. The Hall–Kier alpha value is -1.69. The van der Waals surface area contributed by atoms with E-state index in [1.54, 1.807) is 18.3 Å². The Morgan fingerprint density at radius 2 is 2.32 bits per heavy atom.